The van der Waals surface area contributed by atoms with E-state index in [1.54, 1.807) is 10.7 Å². The average molecular weight is 280 g/mol. The van der Waals surface area contributed by atoms with Gasteiger partial charge in [0, 0.05) is 25.7 Å². The number of aryl methyl sites for hydroxylation is 1. The third kappa shape index (κ3) is 3.84. The minimum absolute atomic E-state index is 0.113. The van der Waals surface area contributed by atoms with Crippen molar-refractivity contribution in [3.05, 3.63) is 47.3 Å². The highest BCUT2D eigenvalue weighted by molar-refractivity contribution is 5.19. The third-order valence-electron chi connectivity index (χ3n) is 3.06. The van der Waals surface area contributed by atoms with Gasteiger partial charge in [-0.15, -0.1) is 5.10 Å². The summed E-state index contributed by atoms with van der Waals surface area (Å²) in [6.07, 6.45) is 3.16. The molecule has 0 fully saturated rings. The van der Waals surface area contributed by atoms with Gasteiger partial charge in [-0.2, -0.15) is 0 Å². The molecule has 0 bridgehead atoms. The Balaban J connectivity index is 2.06. The van der Waals surface area contributed by atoms with Crippen LogP contribution in [0, 0.1) is 11.6 Å². The van der Waals surface area contributed by atoms with Gasteiger partial charge in [0.25, 0.3) is 0 Å². The van der Waals surface area contributed by atoms with Crippen LogP contribution in [0.15, 0.2) is 24.4 Å². The van der Waals surface area contributed by atoms with Crippen molar-refractivity contribution in [3.8, 4) is 0 Å². The highest BCUT2D eigenvalue weighted by Gasteiger charge is 2.13. The van der Waals surface area contributed by atoms with Crippen LogP contribution in [0.1, 0.15) is 18.2 Å². The number of benzene rings is 1. The predicted molar refractivity (Wildman–Crippen MR) is 72.2 cm³/mol. The molecule has 0 radical (unpaired) electrons. The summed E-state index contributed by atoms with van der Waals surface area (Å²) in [6.45, 7) is 2.81. The lowest BCUT2D eigenvalue weighted by atomic mass is 10.0. The fourth-order valence-corrected chi connectivity index (χ4v) is 2.20. The van der Waals surface area contributed by atoms with Crippen molar-refractivity contribution in [2.45, 2.75) is 25.8 Å². The largest absolute Gasteiger partial charge is 0.314 e. The second-order valence-electron chi connectivity index (χ2n) is 4.79. The average Bonchev–Trinajstić information content (AvgIpc) is 2.80. The van der Waals surface area contributed by atoms with E-state index in [0.29, 0.717) is 12.8 Å². The van der Waals surface area contributed by atoms with Crippen LogP contribution < -0.4 is 5.32 Å². The molecule has 0 aliphatic rings. The van der Waals surface area contributed by atoms with Crippen LogP contribution in [0.3, 0.4) is 0 Å². The lowest BCUT2D eigenvalue weighted by Crippen LogP contribution is -2.33. The van der Waals surface area contributed by atoms with Gasteiger partial charge in [0.1, 0.15) is 0 Å². The van der Waals surface area contributed by atoms with Gasteiger partial charge < -0.3 is 5.32 Å². The number of nitrogens with one attached hydrogen (secondary N) is 1. The first-order chi connectivity index (χ1) is 9.58. The second kappa shape index (κ2) is 6.56. The number of halogens is 2. The van der Waals surface area contributed by atoms with Crippen molar-refractivity contribution in [2.24, 2.45) is 7.05 Å². The molecule has 1 unspecified atom stereocenters. The Morgan fingerprint density at radius 2 is 2.05 bits per heavy atom. The van der Waals surface area contributed by atoms with E-state index in [2.05, 4.69) is 15.6 Å². The Morgan fingerprint density at radius 3 is 2.65 bits per heavy atom. The molecule has 2 rings (SSSR count). The van der Waals surface area contributed by atoms with Crippen molar-refractivity contribution >= 4 is 0 Å². The van der Waals surface area contributed by atoms with Gasteiger partial charge in [-0.1, -0.05) is 18.2 Å². The molecule has 0 aliphatic heterocycles. The molecule has 0 saturated heterocycles. The van der Waals surface area contributed by atoms with Crippen LogP contribution in [-0.4, -0.2) is 27.6 Å². The molecule has 4 nitrogen and oxygen atoms in total. The lowest BCUT2D eigenvalue weighted by molar-refractivity contribution is 0.496. The smallest absolute Gasteiger partial charge is 0.159 e. The van der Waals surface area contributed by atoms with Gasteiger partial charge in [-0.25, -0.2) is 8.78 Å². The molecule has 1 atom stereocenters. The molecule has 2 aromatic rings. The van der Waals surface area contributed by atoms with Gasteiger partial charge in [0.2, 0.25) is 0 Å². The molecule has 1 aromatic heterocycles. The van der Waals surface area contributed by atoms with Gasteiger partial charge in [-0.05, 0) is 30.7 Å². The standard InChI is InChI=1S/C14H18F2N4/c1-3-17-11(8-12-9-20(2)19-18-12)6-10-4-5-13(15)14(16)7-10/h4-5,7,9,11,17H,3,6,8H2,1-2H3. The van der Waals surface area contributed by atoms with Crippen LogP contribution in [0.25, 0.3) is 0 Å². The molecular formula is C14H18F2N4. The summed E-state index contributed by atoms with van der Waals surface area (Å²) in [5.74, 6) is -1.63. The maximum absolute atomic E-state index is 13.2. The monoisotopic (exact) mass is 280 g/mol. The van der Waals surface area contributed by atoms with E-state index in [9.17, 15) is 8.78 Å². The van der Waals surface area contributed by atoms with Crippen LogP contribution in [-0.2, 0) is 19.9 Å². The van der Waals surface area contributed by atoms with E-state index in [1.807, 2.05) is 20.2 Å². The second-order valence-corrected chi connectivity index (χ2v) is 4.79. The van der Waals surface area contributed by atoms with Crippen molar-refractivity contribution in [1.82, 2.24) is 20.3 Å². The molecule has 0 saturated carbocycles. The zero-order chi connectivity index (χ0) is 14.5. The summed E-state index contributed by atoms with van der Waals surface area (Å²) in [5.41, 5.74) is 1.64. The molecule has 20 heavy (non-hydrogen) atoms. The SMILES string of the molecule is CCNC(Cc1ccc(F)c(F)c1)Cc1cn(C)nn1. The van der Waals surface area contributed by atoms with Crippen LogP contribution in [0.4, 0.5) is 8.78 Å². The molecule has 6 heteroatoms. The van der Waals surface area contributed by atoms with E-state index in [-0.39, 0.29) is 6.04 Å². The Labute approximate surface area is 116 Å². The summed E-state index contributed by atoms with van der Waals surface area (Å²) in [7, 11) is 1.81. The lowest BCUT2D eigenvalue weighted by Gasteiger charge is -2.16. The maximum atomic E-state index is 13.2. The molecule has 0 amide bonds. The van der Waals surface area contributed by atoms with Crippen molar-refractivity contribution in [1.29, 1.82) is 0 Å². The summed E-state index contributed by atoms with van der Waals surface area (Å²) in [4.78, 5) is 0. The van der Waals surface area contributed by atoms with E-state index in [1.165, 1.54) is 6.07 Å². The Hall–Kier alpha value is -1.82. The molecule has 1 heterocycles. The van der Waals surface area contributed by atoms with Crippen molar-refractivity contribution in [2.75, 3.05) is 6.54 Å². The van der Waals surface area contributed by atoms with E-state index < -0.39 is 11.6 Å². The molecular weight excluding hydrogens is 262 g/mol. The Morgan fingerprint density at radius 1 is 1.25 bits per heavy atom. The minimum atomic E-state index is -0.817. The molecule has 108 valence electrons. The van der Waals surface area contributed by atoms with E-state index in [0.717, 1.165) is 23.9 Å². The van der Waals surface area contributed by atoms with Gasteiger partial charge >= 0.3 is 0 Å². The number of hydrogen-bond donors (Lipinski definition) is 1. The van der Waals surface area contributed by atoms with Crippen LogP contribution >= 0.6 is 0 Å². The molecule has 1 aromatic carbocycles. The number of hydrogen-bond acceptors (Lipinski definition) is 3. The highest BCUT2D eigenvalue weighted by Crippen LogP contribution is 2.12. The number of nitrogens with zero attached hydrogens (tertiary/aromatic N) is 3. The molecule has 1 N–H and O–H groups in total. The Kier molecular flexibility index (Phi) is 4.79. The Bertz CT molecular complexity index is 568. The fourth-order valence-electron chi connectivity index (χ4n) is 2.20. The number of aromatic nitrogens is 3. The van der Waals surface area contributed by atoms with E-state index >= 15 is 0 Å². The topological polar surface area (TPSA) is 42.7 Å². The normalized spacial score (nSPS) is 12.6. The van der Waals surface area contributed by atoms with Gasteiger partial charge in [0.15, 0.2) is 11.6 Å². The zero-order valence-corrected chi connectivity index (χ0v) is 11.6. The van der Waals surface area contributed by atoms with Crippen LogP contribution in [0.2, 0.25) is 0 Å². The van der Waals surface area contributed by atoms with E-state index in [4.69, 9.17) is 0 Å². The van der Waals surface area contributed by atoms with Gasteiger partial charge in [0.05, 0.1) is 5.69 Å². The summed E-state index contributed by atoms with van der Waals surface area (Å²) in [5, 5.41) is 11.3. The summed E-state index contributed by atoms with van der Waals surface area (Å²) in [6, 6.07) is 4.13. The van der Waals surface area contributed by atoms with Crippen molar-refractivity contribution < 1.29 is 8.78 Å². The molecule has 0 aliphatic carbocycles. The number of likely N-dealkylation sites (N-methyl/N-ethyl adjacent to an activating group) is 1. The highest BCUT2D eigenvalue weighted by atomic mass is 19.2. The number of rotatable bonds is 6. The fraction of sp³-hybridized carbons (Fsp3) is 0.429. The minimum Gasteiger partial charge on any atom is -0.314 e. The third-order valence-corrected chi connectivity index (χ3v) is 3.06. The maximum Gasteiger partial charge on any atom is 0.159 e. The molecule has 0 spiro atoms. The van der Waals surface area contributed by atoms with Gasteiger partial charge in [-0.3, -0.25) is 4.68 Å². The quantitative estimate of drug-likeness (QED) is 0.878. The first-order valence-electron chi connectivity index (χ1n) is 6.61. The first kappa shape index (κ1) is 14.6. The zero-order valence-electron chi connectivity index (χ0n) is 11.6. The predicted octanol–water partition coefficient (Wildman–Crippen LogP) is 1.86. The van der Waals surface area contributed by atoms with Crippen molar-refractivity contribution in [3.63, 3.8) is 0 Å². The summed E-state index contributed by atoms with van der Waals surface area (Å²) >= 11 is 0. The van der Waals surface area contributed by atoms with Crippen LogP contribution in [0.5, 0.6) is 0 Å². The summed E-state index contributed by atoms with van der Waals surface area (Å²) < 4.78 is 27.8. The first-order valence-corrected chi connectivity index (χ1v) is 6.61.